The summed E-state index contributed by atoms with van der Waals surface area (Å²) in [7, 11) is 4.10. The molecule has 1 heterocycles. The van der Waals surface area contributed by atoms with Crippen LogP contribution in [0.15, 0.2) is 24.3 Å². The molecule has 2 saturated carbocycles. The van der Waals surface area contributed by atoms with Crippen LogP contribution >= 0.6 is 0 Å². The van der Waals surface area contributed by atoms with Crippen LogP contribution in [-0.2, 0) is 10.3 Å². The Balaban J connectivity index is 1.55. The van der Waals surface area contributed by atoms with Gasteiger partial charge in [0.1, 0.15) is 12.4 Å². The SMILES string of the molecule is CN(C)[C@]1(c2cccc(F)c2)CC[C@@]2(CC1)CN(CC(=O)NCCO)C(=O)N2CC1CCC1. The summed E-state index contributed by atoms with van der Waals surface area (Å²) < 4.78 is 14.1. The van der Waals surface area contributed by atoms with Crippen LogP contribution in [-0.4, -0.2) is 84.2 Å². The van der Waals surface area contributed by atoms with Gasteiger partial charge in [-0.15, -0.1) is 0 Å². The second-order valence-corrected chi connectivity index (χ2v) is 10.3. The Bertz CT molecular complexity index is 865. The molecule has 0 unspecified atom stereocenters. The van der Waals surface area contributed by atoms with E-state index in [2.05, 4.69) is 15.1 Å². The number of hydrogen-bond donors (Lipinski definition) is 2. The number of rotatable bonds is 8. The first kappa shape index (κ1) is 24.0. The van der Waals surface area contributed by atoms with Crippen LogP contribution in [0.1, 0.15) is 50.5 Å². The Morgan fingerprint density at radius 3 is 2.55 bits per heavy atom. The van der Waals surface area contributed by atoms with Crippen molar-refractivity contribution in [3.05, 3.63) is 35.6 Å². The molecule has 0 radical (unpaired) electrons. The van der Waals surface area contributed by atoms with E-state index in [1.165, 1.54) is 12.5 Å². The largest absolute Gasteiger partial charge is 0.395 e. The molecule has 3 aliphatic rings. The lowest BCUT2D eigenvalue weighted by atomic mass is 9.68. The highest BCUT2D eigenvalue weighted by Gasteiger charge is 2.55. The molecule has 0 atom stereocenters. The summed E-state index contributed by atoms with van der Waals surface area (Å²) in [4.78, 5) is 31.7. The van der Waals surface area contributed by atoms with E-state index in [0.29, 0.717) is 12.5 Å². The molecular weight excluding hydrogens is 423 g/mol. The van der Waals surface area contributed by atoms with Crippen molar-refractivity contribution in [1.82, 2.24) is 20.0 Å². The van der Waals surface area contributed by atoms with E-state index in [1.54, 1.807) is 17.0 Å². The number of hydrogen-bond acceptors (Lipinski definition) is 4. The molecule has 8 heteroatoms. The Labute approximate surface area is 195 Å². The van der Waals surface area contributed by atoms with Crippen molar-refractivity contribution in [2.75, 3.05) is 46.9 Å². The Kier molecular flexibility index (Phi) is 6.96. The number of nitrogens with zero attached hydrogens (tertiary/aromatic N) is 3. The van der Waals surface area contributed by atoms with Gasteiger partial charge in [0.25, 0.3) is 0 Å². The van der Waals surface area contributed by atoms with Crippen molar-refractivity contribution < 1.29 is 19.1 Å². The quantitative estimate of drug-likeness (QED) is 0.625. The first-order valence-corrected chi connectivity index (χ1v) is 12.2. The van der Waals surface area contributed by atoms with E-state index < -0.39 is 0 Å². The van der Waals surface area contributed by atoms with Crippen LogP contribution in [0.2, 0.25) is 0 Å². The van der Waals surface area contributed by atoms with Crippen LogP contribution in [0.3, 0.4) is 0 Å². The van der Waals surface area contributed by atoms with Crippen LogP contribution in [0.4, 0.5) is 9.18 Å². The molecule has 1 saturated heterocycles. The van der Waals surface area contributed by atoms with Crippen molar-refractivity contribution in [1.29, 1.82) is 0 Å². The second-order valence-electron chi connectivity index (χ2n) is 10.3. The maximum Gasteiger partial charge on any atom is 0.321 e. The van der Waals surface area contributed by atoms with Crippen molar-refractivity contribution in [3.63, 3.8) is 0 Å². The summed E-state index contributed by atoms with van der Waals surface area (Å²) in [5.41, 5.74) is 0.416. The summed E-state index contributed by atoms with van der Waals surface area (Å²) in [5, 5.41) is 11.6. The predicted octanol–water partition coefficient (Wildman–Crippen LogP) is 2.54. The molecule has 7 nitrogen and oxygen atoms in total. The minimum Gasteiger partial charge on any atom is -0.395 e. The lowest BCUT2D eigenvalue weighted by Crippen LogP contribution is -2.56. The Morgan fingerprint density at radius 2 is 1.97 bits per heavy atom. The maximum absolute atomic E-state index is 14.1. The molecule has 0 aromatic heterocycles. The van der Waals surface area contributed by atoms with E-state index in [-0.39, 0.29) is 48.5 Å². The molecule has 2 N–H and O–H groups in total. The number of aliphatic hydroxyl groups excluding tert-OH is 1. The van der Waals surface area contributed by atoms with E-state index in [0.717, 1.165) is 50.6 Å². The molecular formula is C25H37FN4O3. The Morgan fingerprint density at radius 1 is 1.24 bits per heavy atom. The summed E-state index contributed by atoms with van der Waals surface area (Å²) in [6, 6.07) is 6.85. The van der Waals surface area contributed by atoms with Gasteiger partial charge in [0.15, 0.2) is 0 Å². The molecule has 0 bridgehead atoms. The predicted molar refractivity (Wildman–Crippen MR) is 124 cm³/mol. The van der Waals surface area contributed by atoms with Gasteiger partial charge in [-0.2, -0.15) is 0 Å². The maximum atomic E-state index is 14.1. The normalized spacial score (nSPS) is 28.0. The van der Waals surface area contributed by atoms with Gasteiger partial charge >= 0.3 is 6.03 Å². The van der Waals surface area contributed by atoms with Gasteiger partial charge < -0.3 is 20.2 Å². The summed E-state index contributed by atoms with van der Waals surface area (Å²) in [6.07, 6.45) is 6.80. The third-order valence-electron chi connectivity index (χ3n) is 8.22. The third-order valence-corrected chi connectivity index (χ3v) is 8.22. The van der Waals surface area contributed by atoms with Gasteiger partial charge in [0.05, 0.1) is 12.1 Å². The number of benzene rings is 1. The van der Waals surface area contributed by atoms with E-state index in [1.807, 2.05) is 20.2 Å². The molecule has 1 aromatic carbocycles. The molecule has 2 aliphatic carbocycles. The lowest BCUT2D eigenvalue weighted by molar-refractivity contribution is -0.121. The molecule has 1 aliphatic heterocycles. The highest BCUT2D eigenvalue weighted by atomic mass is 19.1. The molecule has 3 amide bonds. The number of urea groups is 1. The molecule has 4 rings (SSSR count). The second kappa shape index (κ2) is 9.58. The number of halogens is 1. The zero-order valence-electron chi connectivity index (χ0n) is 19.9. The number of carbonyl (C=O) groups excluding carboxylic acids is 2. The average molecular weight is 461 g/mol. The van der Waals surface area contributed by atoms with Gasteiger partial charge in [0.2, 0.25) is 5.91 Å². The topological polar surface area (TPSA) is 76.1 Å². The molecule has 33 heavy (non-hydrogen) atoms. The van der Waals surface area contributed by atoms with Gasteiger partial charge in [-0.1, -0.05) is 18.6 Å². The van der Waals surface area contributed by atoms with Gasteiger partial charge in [0, 0.05) is 25.2 Å². The number of nitrogens with one attached hydrogen (secondary N) is 1. The minimum absolute atomic E-state index is 0.0183. The number of aliphatic hydroxyl groups is 1. The third kappa shape index (κ3) is 4.60. The fourth-order valence-corrected chi connectivity index (χ4v) is 5.96. The van der Waals surface area contributed by atoms with Crippen molar-refractivity contribution in [2.45, 2.75) is 56.0 Å². The smallest absolute Gasteiger partial charge is 0.321 e. The van der Waals surface area contributed by atoms with Gasteiger partial charge in [-0.25, -0.2) is 9.18 Å². The van der Waals surface area contributed by atoms with Crippen molar-refractivity contribution in [2.24, 2.45) is 5.92 Å². The van der Waals surface area contributed by atoms with Crippen molar-refractivity contribution in [3.8, 4) is 0 Å². The average Bonchev–Trinajstić information content (AvgIpc) is 3.00. The zero-order chi connectivity index (χ0) is 23.6. The molecule has 1 spiro atoms. The number of amides is 3. The van der Waals surface area contributed by atoms with Crippen molar-refractivity contribution >= 4 is 11.9 Å². The van der Waals surface area contributed by atoms with Crippen LogP contribution < -0.4 is 5.32 Å². The summed E-state index contributed by atoms with van der Waals surface area (Å²) in [5.74, 6) is 0.0747. The van der Waals surface area contributed by atoms with E-state index in [9.17, 15) is 14.0 Å². The zero-order valence-corrected chi connectivity index (χ0v) is 19.9. The molecule has 1 aromatic rings. The fourth-order valence-electron chi connectivity index (χ4n) is 5.96. The summed E-state index contributed by atoms with van der Waals surface area (Å²) >= 11 is 0. The standard InChI is InChI=1S/C25H37FN4O3/c1-28(2)25(20-7-4-8-21(26)15-20)11-9-24(10-12-25)18-29(17-22(32)27-13-14-31)23(33)30(24)16-19-5-3-6-19/h4,7-8,15,19,31H,3,5-6,9-14,16-18H2,1-2H3,(H,27,32)/t24-,25-. The van der Waals surface area contributed by atoms with E-state index in [4.69, 9.17) is 5.11 Å². The lowest BCUT2D eigenvalue weighted by Gasteiger charge is -2.51. The van der Waals surface area contributed by atoms with Gasteiger partial charge in [-0.3, -0.25) is 9.69 Å². The molecule has 3 fully saturated rings. The number of carbonyl (C=O) groups is 2. The fraction of sp³-hybridized carbons (Fsp3) is 0.680. The minimum atomic E-state index is -0.295. The summed E-state index contributed by atoms with van der Waals surface area (Å²) in [6.45, 7) is 1.38. The van der Waals surface area contributed by atoms with Gasteiger partial charge in [-0.05, 0) is 76.2 Å². The first-order valence-electron chi connectivity index (χ1n) is 12.2. The van der Waals surface area contributed by atoms with Crippen LogP contribution in [0.5, 0.6) is 0 Å². The van der Waals surface area contributed by atoms with Crippen LogP contribution in [0, 0.1) is 11.7 Å². The monoisotopic (exact) mass is 460 g/mol. The highest BCUT2D eigenvalue weighted by Crippen LogP contribution is 2.49. The highest BCUT2D eigenvalue weighted by molar-refractivity contribution is 5.86. The van der Waals surface area contributed by atoms with Crippen LogP contribution in [0.25, 0.3) is 0 Å². The first-order chi connectivity index (χ1) is 15.8. The molecule has 182 valence electrons. The Hall–Kier alpha value is -2.19. The van der Waals surface area contributed by atoms with E-state index >= 15 is 0 Å².